The molecule has 0 aliphatic heterocycles. The second-order valence-corrected chi connectivity index (χ2v) is 3.92. The Balaban J connectivity index is 2.76. The van der Waals surface area contributed by atoms with E-state index in [2.05, 4.69) is 22.6 Å². The first kappa shape index (κ1) is 8.55. The van der Waals surface area contributed by atoms with E-state index in [0.29, 0.717) is 0 Å². The van der Waals surface area contributed by atoms with Crippen molar-refractivity contribution in [2.75, 3.05) is 0 Å². The number of nitrogens with zero attached hydrogens (tertiary/aromatic N) is 1. The maximum atomic E-state index is 10.7. The fraction of sp³-hybridized carbons (Fsp3) is 0. The molecule has 2 rings (SSSR count). The third-order valence-electron chi connectivity index (χ3n) is 1.86. The summed E-state index contributed by atoms with van der Waals surface area (Å²) in [6.07, 6.45) is 0.611. The van der Waals surface area contributed by atoms with Crippen LogP contribution in [0, 0.1) is 3.57 Å². The Hall–Kier alpha value is -1.04. The number of rotatable bonds is 0. The molecule has 1 aromatic carbocycles. The SMILES string of the molecule is O=C(O)n1ccc2cc(I)ccc21. The summed E-state index contributed by atoms with van der Waals surface area (Å²) < 4.78 is 2.32. The highest BCUT2D eigenvalue weighted by Crippen LogP contribution is 2.18. The summed E-state index contributed by atoms with van der Waals surface area (Å²) in [5, 5.41) is 9.76. The average molecular weight is 287 g/mol. The lowest BCUT2D eigenvalue weighted by Gasteiger charge is -1.97. The van der Waals surface area contributed by atoms with Gasteiger partial charge in [0.05, 0.1) is 5.52 Å². The number of carboxylic acid groups (broad SMARTS) is 1. The molecule has 1 heterocycles. The lowest BCUT2D eigenvalue weighted by molar-refractivity contribution is 0.197. The second kappa shape index (κ2) is 3.02. The smallest absolute Gasteiger partial charge is 0.415 e. The molecule has 0 fully saturated rings. The number of aromatic nitrogens is 1. The summed E-state index contributed by atoms with van der Waals surface area (Å²) >= 11 is 2.20. The van der Waals surface area contributed by atoms with Crippen molar-refractivity contribution in [3.63, 3.8) is 0 Å². The molecule has 0 saturated heterocycles. The number of hydrogen-bond donors (Lipinski definition) is 1. The molecular formula is C9H6INO2. The molecular weight excluding hydrogens is 281 g/mol. The highest BCUT2D eigenvalue weighted by Gasteiger charge is 2.05. The highest BCUT2D eigenvalue weighted by atomic mass is 127. The van der Waals surface area contributed by atoms with Crippen molar-refractivity contribution in [1.82, 2.24) is 4.57 Å². The van der Waals surface area contributed by atoms with Crippen molar-refractivity contribution in [2.24, 2.45) is 0 Å². The van der Waals surface area contributed by atoms with Crippen LogP contribution < -0.4 is 0 Å². The zero-order chi connectivity index (χ0) is 9.42. The van der Waals surface area contributed by atoms with Gasteiger partial charge >= 0.3 is 6.09 Å². The summed E-state index contributed by atoms with van der Waals surface area (Å²) in [4.78, 5) is 10.7. The Kier molecular flexibility index (Phi) is 1.99. The zero-order valence-electron chi connectivity index (χ0n) is 6.57. The summed E-state index contributed by atoms with van der Waals surface area (Å²) in [6.45, 7) is 0. The van der Waals surface area contributed by atoms with Crippen LogP contribution >= 0.6 is 22.6 Å². The third-order valence-corrected chi connectivity index (χ3v) is 2.53. The van der Waals surface area contributed by atoms with Gasteiger partial charge < -0.3 is 5.11 Å². The van der Waals surface area contributed by atoms with Crippen LogP contribution in [0.3, 0.4) is 0 Å². The minimum Gasteiger partial charge on any atom is -0.464 e. The van der Waals surface area contributed by atoms with Crippen molar-refractivity contribution in [3.05, 3.63) is 34.0 Å². The topological polar surface area (TPSA) is 42.2 Å². The van der Waals surface area contributed by atoms with Crippen molar-refractivity contribution in [2.45, 2.75) is 0 Å². The van der Waals surface area contributed by atoms with E-state index in [4.69, 9.17) is 5.11 Å². The maximum absolute atomic E-state index is 10.7. The van der Waals surface area contributed by atoms with Gasteiger partial charge in [0, 0.05) is 15.2 Å². The summed E-state index contributed by atoms with van der Waals surface area (Å²) in [6, 6.07) is 7.45. The van der Waals surface area contributed by atoms with E-state index < -0.39 is 6.09 Å². The Labute approximate surface area is 88.1 Å². The Bertz CT molecular complexity index is 475. The first-order chi connectivity index (χ1) is 6.18. The highest BCUT2D eigenvalue weighted by molar-refractivity contribution is 14.1. The fourth-order valence-corrected chi connectivity index (χ4v) is 1.80. The van der Waals surface area contributed by atoms with Crippen molar-refractivity contribution in [3.8, 4) is 0 Å². The van der Waals surface area contributed by atoms with Gasteiger partial charge in [0.2, 0.25) is 0 Å². The van der Waals surface area contributed by atoms with Crippen LogP contribution in [0.25, 0.3) is 10.9 Å². The molecule has 66 valence electrons. The van der Waals surface area contributed by atoms with Gasteiger partial charge in [-0.25, -0.2) is 4.79 Å². The van der Waals surface area contributed by atoms with Crippen LogP contribution in [0.15, 0.2) is 30.5 Å². The number of halogens is 1. The fourth-order valence-electron chi connectivity index (χ4n) is 1.28. The monoisotopic (exact) mass is 287 g/mol. The van der Waals surface area contributed by atoms with E-state index in [9.17, 15) is 4.79 Å². The van der Waals surface area contributed by atoms with Gasteiger partial charge in [-0.1, -0.05) is 0 Å². The lowest BCUT2D eigenvalue weighted by Crippen LogP contribution is -2.05. The quantitative estimate of drug-likeness (QED) is 0.757. The van der Waals surface area contributed by atoms with Gasteiger partial charge in [0.15, 0.2) is 0 Å². The largest absolute Gasteiger partial charge is 0.464 e. The number of fused-ring (bicyclic) bond motifs is 1. The van der Waals surface area contributed by atoms with Gasteiger partial charge in [-0.2, -0.15) is 0 Å². The normalized spacial score (nSPS) is 10.5. The van der Waals surface area contributed by atoms with Crippen LogP contribution in [0.2, 0.25) is 0 Å². The molecule has 4 heteroatoms. The third kappa shape index (κ3) is 1.41. The predicted molar refractivity (Wildman–Crippen MR) is 58.1 cm³/mol. The van der Waals surface area contributed by atoms with Crippen LogP contribution in [0.1, 0.15) is 0 Å². The van der Waals surface area contributed by atoms with Crippen LogP contribution in [-0.4, -0.2) is 15.8 Å². The van der Waals surface area contributed by atoms with Crippen LogP contribution in [0.4, 0.5) is 4.79 Å². The van der Waals surface area contributed by atoms with Crippen molar-refractivity contribution < 1.29 is 9.90 Å². The second-order valence-electron chi connectivity index (χ2n) is 2.67. The van der Waals surface area contributed by atoms with E-state index in [1.165, 1.54) is 4.57 Å². The molecule has 0 spiro atoms. The minimum absolute atomic E-state index is 0.730. The Morgan fingerprint density at radius 2 is 2.15 bits per heavy atom. The van der Waals surface area contributed by atoms with Crippen LogP contribution in [0.5, 0.6) is 0 Å². The van der Waals surface area contributed by atoms with Crippen molar-refractivity contribution >= 4 is 39.6 Å². The molecule has 13 heavy (non-hydrogen) atoms. The van der Waals surface area contributed by atoms with Crippen LogP contribution in [-0.2, 0) is 0 Å². The summed E-state index contributed by atoms with van der Waals surface area (Å²) in [5.41, 5.74) is 0.730. The molecule has 0 saturated carbocycles. The lowest BCUT2D eigenvalue weighted by atomic mass is 10.2. The van der Waals surface area contributed by atoms with Crippen molar-refractivity contribution in [1.29, 1.82) is 0 Å². The first-order valence-electron chi connectivity index (χ1n) is 3.68. The van der Waals surface area contributed by atoms with Gasteiger partial charge in [0.1, 0.15) is 0 Å². The van der Waals surface area contributed by atoms with E-state index in [1.54, 1.807) is 12.3 Å². The summed E-state index contributed by atoms with van der Waals surface area (Å²) in [5.74, 6) is 0. The number of hydrogen-bond acceptors (Lipinski definition) is 1. The number of carbonyl (C=O) groups is 1. The maximum Gasteiger partial charge on any atom is 0.415 e. The molecule has 1 N–H and O–H groups in total. The van der Waals surface area contributed by atoms with Gasteiger partial charge in [-0.05, 0) is 46.9 Å². The predicted octanol–water partition coefficient (Wildman–Crippen LogP) is 2.77. The molecule has 0 atom stereocenters. The molecule has 0 bridgehead atoms. The van der Waals surface area contributed by atoms with E-state index in [0.717, 1.165) is 14.5 Å². The average Bonchev–Trinajstić information content (AvgIpc) is 2.46. The van der Waals surface area contributed by atoms with E-state index in [-0.39, 0.29) is 0 Å². The molecule has 1 aromatic heterocycles. The minimum atomic E-state index is -0.948. The Morgan fingerprint density at radius 1 is 1.38 bits per heavy atom. The molecule has 0 amide bonds. The van der Waals surface area contributed by atoms with Gasteiger partial charge in [-0.15, -0.1) is 0 Å². The molecule has 0 unspecified atom stereocenters. The van der Waals surface area contributed by atoms with E-state index in [1.807, 2.05) is 18.2 Å². The Morgan fingerprint density at radius 3 is 2.85 bits per heavy atom. The van der Waals surface area contributed by atoms with Gasteiger partial charge in [-0.3, -0.25) is 4.57 Å². The molecule has 0 radical (unpaired) electrons. The molecule has 3 nitrogen and oxygen atoms in total. The number of benzene rings is 1. The molecule has 0 aliphatic rings. The first-order valence-corrected chi connectivity index (χ1v) is 4.76. The molecule has 0 aliphatic carbocycles. The molecule has 2 aromatic rings. The zero-order valence-corrected chi connectivity index (χ0v) is 8.72. The standard InChI is InChI=1S/C9H6INO2/c10-7-1-2-8-6(5-7)3-4-11(8)9(12)13/h1-5H,(H,12,13). The van der Waals surface area contributed by atoms with Gasteiger partial charge in [0.25, 0.3) is 0 Å². The van der Waals surface area contributed by atoms with E-state index >= 15 is 0 Å². The summed E-state index contributed by atoms with van der Waals surface area (Å²) in [7, 11) is 0.